The maximum absolute atomic E-state index is 5.59. The molecule has 4 rings (SSSR count). The van der Waals surface area contributed by atoms with E-state index in [9.17, 15) is 0 Å². The van der Waals surface area contributed by atoms with E-state index >= 15 is 0 Å². The molecule has 0 saturated carbocycles. The molecule has 0 saturated heterocycles. The molecule has 154 valence electrons. The van der Waals surface area contributed by atoms with E-state index in [1.54, 1.807) is 32.2 Å². The quantitative estimate of drug-likeness (QED) is 0.364. The zero-order chi connectivity index (χ0) is 20.9. The molecule has 0 N–H and O–H groups in total. The number of nitrogens with zero attached hydrogens (tertiary/aromatic N) is 3. The van der Waals surface area contributed by atoms with Crippen molar-refractivity contribution in [3.63, 3.8) is 0 Å². The molecule has 6 nitrogen and oxygen atoms in total. The average molecular weight is 422 g/mol. The van der Waals surface area contributed by atoms with Gasteiger partial charge in [-0.1, -0.05) is 36.0 Å². The van der Waals surface area contributed by atoms with E-state index in [4.69, 9.17) is 13.9 Å². The zero-order valence-electron chi connectivity index (χ0n) is 17.2. The molecule has 2 aromatic heterocycles. The molecule has 0 spiro atoms. The van der Waals surface area contributed by atoms with Crippen LogP contribution in [0, 0.1) is 6.92 Å². The van der Waals surface area contributed by atoms with Crippen LogP contribution in [0.4, 0.5) is 0 Å². The molecule has 0 radical (unpaired) electrons. The molecule has 0 aliphatic heterocycles. The third kappa shape index (κ3) is 4.21. The topological polar surface area (TPSA) is 62.3 Å². The summed E-state index contributed by atoms with van der Waals surface area (Å²) in [6.07, 6.45) is 1.68. The minimum absolute atomic E-state index is 0.557. The van der Waals surface area contributed by atoms with E-state index in [2.05, 4.69) is 33.8 Å². The maximum Gasteiger partial charge on any atom is 0.192 e. The van der Waals surface area contributed by atoms with Crippen LogP contribution in [0.1, 0.15) is 16.9 Å². The fraction of sp³-hybridized carbons (Fsp3) is 0.217. The van der Waals surface area contributed by atoms with Gasteiger partial charge in [-0.25, -0.2) is 0 Å². The number of thioether (sulfide) groups is 1. The van der Waals surface area contributed by atoms with Crippen LogP contribution in [-0.2, 0) is 12.3 Å². The van der Waals surface area contributed by atoms with Gasteiger partial charge in [-0.3, -0.25) is 4.57 Å². The summed E-state index contributed by atoms with van der Waals surface area (Å²) in [6.45, 7) is 2.64. The Morgan fingerprint density at radius 3 is 2.60 bits per heavy atom. The summed E-state index contributed by atoms with van der Waals surface area (Å²) in [5.74, 6) is 3.96. The summed E-state index contributed by atoms with van der Waals surface area (Å²) >= 11 is 1.60. The van der Waals surface area contributed by atoms with E-state index in [0.717, 1.165) is 44.9 Å². The van der Waals surface area contributed by atoms with E-state index in [1.807, 2.05) is 42.5 Å². The monoisotopic (exact) mass is 421 g/mol. The second-order valence-corrected chi connectivity index (χ2v) is 7.70. The highest BCUT2D eigenvalue weighted by molar-refractivity contribution is 7.98. The van der Waals surface area contributed by atoms with Gasteiger partial charge in [0.15, 0.2) is 11.0 Å². The third-order valence-electron chi connectivity index (χ3n) is 4.84. The summed E-state index contributed by atoms with van der Waals surface area (Å²) in [5.41, 5.74) is 3.24. The summed E-state index contributed by atoms with van der Waals surface area (Å²) in [7, 11) is 3.33. The first-order chi connectivity index (χ1) is 14.7. The van der Waals surface area contributed by atoms with Crippen molar-refractivity contribution in [3.05, 3.63) is 77.7 Å². The van der Waals surface area contributed by atoms with Crippen molar-refractivity contribution in [1.82, 2.24) is 14.8 Å². The van der Waals surface area contributed by atoms with Crippen molar-refractivity contribution >= 4 is 11.8 Å². The standard InChI is InChI=1S/C23H23N3O3S/c1-16-7-4-5-9-20(16)22-24-25-23(26(22)14-19-8-6-12-29-19)30-15-17-13-18(27-2)10-11-21(17)28-3/h4-13H,14-15H2,1-3H3. The van der Waals surface area contributed by atoms with Gasteiger partial charge in [-0.15, -0.1) is 10.2 Å². The van der Waals surface area contributed by atoms with Gasteiger partial charge < -0.3 is 13.9 Å². The molecular formula is C23H23N3O3S. The molecule has 0 bridgehead atoms. The Balaban J connectivity index is 1.67. The lowest BCUT2D eigenvalue weighted by atomic mass is 10.1. The molecular weight excluding hydrogens is 398 g/mol. The molecule has 0 aliphatic carbocycles. The van der Waals surface area contributed by atoms with Crippen molar-refractivity contribution in [2.45, 2.75) is 24.4 Å². The Hall–Kier alpha value is -3.19. The number of methoxy groups -OCH3 is 2. The lowest BCUT2D eigenvalue weighted by molar-refractivity contribution is 0.400. The molecule has 0 aliphatic rings. The number of hydrogen-bond acceptors (Lipinski definition) is 6. The molecule has 30 heavy (non-hydrogen) atoms. The van der Waals surface area contributed by atoms with Crippen LogP contribution in [0.3, 0.4) is 0 Å². The number of ether oxygens (including phenoxy) is 2. The van der Waals surface area contributed by atoms with Crippen LogP contribution in [0.25, 0.3) is 11.4 Å². The second kappa shape index (κ2) is 9.09. The highest BCUT2D eigenvalue weighted by Crippen LogP contribution is 2.32. The fourth-order valence-corrected chi connectivity index (χ4v) is 4.17. The molecule has 7 heteroatoms. The van der Waals surface area contributed by atoms with E-state index in [1.165, 1.54) is 0 Å². The van der Waals surface area contributed by atoms with Gasteiger partial charge in [0.05, 0.1) is 27.0 Å². The van der Waals surface area contributed by atoms with Crippen molar-refractivity contribution in [2.75, 3.05) is 14.2 Å². The van der Waals surface area contributed by atoms with Gasteiger partial charge in [0, 0.05) is 16.9 Å². The van der Waals surface area contributed by atoms with Crippen molar-refractivity contribution in [1.29, 1.82) is 0 Å². The Labute approximate surface area is 179 Å². The molecule has 0 unspecified atom stereocenters. The summed E-state index contributed by atoms with van der Waals surface area (Å²) in [6, 6.07) is 17.8. The summed E-state index contributed by atoms with van der Waals surface area (Å²) in [5, 5.41) is 9.81. The van der Waals surface area contributed by atoms with Gasteiger partial charge in [0.25, 0.3) is 0 Å². The highest BCUT2D eigenvalue weighted by Gasteiger charge is 2.18. The number of benzene rings is 2. The molecule has 2 heterocycles. The predicted octanol–water partition coefficient (Wildman–Crippen LogP) is 5.20. The number of furan rings is 1. The van der Waals surface area contributed by atoms with Crippen LogP contribution in [0.2, 0.25) is 0 Å². The average Bonchev–Trinajstić information content (AvgIpc) is 3.43. The third-order valence-corrected chi connectivity index (χ3v) is 5.86. The molecule has 0 atom stereocenters. The minimum atomic E-state index is 0.557. The fourth-order valence-electron chi connectivity index (χ4n) is 3.26. The number of rotatable bonds is 8. The maximum atomic E-state index is 5.59. The predicted molar refractivity (Wildman–Crippen MR) is 117 cm³/mol. The normalized spacial score (nSPS) is 10.9. The van der Waals surface area contributed by atoms with Crippen LogP contribution < -0.4 is 9.47 Å². The van der Waals surface area contributed by atoms with Crippen LogP contribution in [-0.4, -0.2) is 29.0 Å². The van der Waals surface area contributed by atoms with E-state index in [-0.39, 0.29) is 0 Å². The smallest absolute Gasteiger partial charge is 0.192 e. The van der Waals surface area contributed by atoms with Crippen LogP contribution in [0.15, 0.2) is 70.4 Å². The Bertz CT molecular complexity index is 1120. The number of hydrogen-bond donors (Lipinski definition) is 0. The molecule has 2 aromatic carbocycles. The number of aromatic nitrogens is 3. The van der Waals surface area contributed by atoms with Crippen LogP contribution >= 0.6 is 11.8 Å². The van der Waals surface area contributed by atoms with Gasteiger partial charge in [-0.2, -0.15) is 0 Å². The van der Waals surface area contributed by atoms with E-state index in [0.29, 0.717) is 12.3 Å². The highest BCUT2D eigenvalue weighted by atomic mass is 32.2. The first kappa shape index (κ1) is 20.1. The van der Waals surface area contributed by atoms with Crippen molar-refractivity contribution < 1.29 is 13.9 Å². The largest absolute Gasteiger partial charge is 0.497 e. The Morgan fingerprint density at radius 1 is 1.00 bits per heavy atom. The Morgan fingerprint density at radius 2 is 1.87 bits per heavy atom. The molecule has 4 aromatic rings. The van der Waals surface area contributed by atoms with Gasteiger partial charge in [-0.05, 0) is 42.8 Å². The van der Waals surface area contributed by atoms with Crippen molar-refractivity contribution in [2.24, 2.45) is 0 Å². The summed E-state index contributed by atoms with van der Waals surface area (Å²) < 4.78 is 18.6. The first-order valence-corrected chi connectivity index (χ1v) is 10.5. The molecule has 0 amide bonds. The lowest BCUT2D eigenvalue weighted by Crippen LogP contribution is -2.04. The SMILES string of the molecule is COc1ccc(OC)c(CSc2nnc(-c3ccccc3C)n2Cc2ccco2)c1. The first-order valence-electron chi connectivity index (χ1n) is 9.55. The summed E-state index contributed by atoms with van der Waals surface area (Å²) in [4.78, 5) is 0. The lowest BCUT2D eigenvalue weighted by Gasteiger charge is -2.12. The zero-order valence-corrected chi connectivity index (χ0v) is 18.0. The molecule has 0 fully saturated rings. The van der Waals surface area contributed by atoms with Gasteiger partial charge in [0.2, 0.25) is 0 Å². The van der Waals surface area contributed by atoms with Crippen molar-refractivity contribution in [3.8, 4) is 22.9 Å². The van der Waals surface area contributed by atoms with Gasteiger partial charge in [0.1, 0.15) is 17.3 Å². The minimum Gasteiger partial charge on any atom is -0.497 e. The second-order valence-electron chi connectivity index (χ2n) is 6.75. The van der Waals surface area contributed by atoms with Gasteiger partial charge >= 0.3 is 0 Å². The Kier molecular flexibility index (Phi) is 6.09. The van der Waals surface area contributed by atoms with E-state index < -0.39 is 0 Å². The number of aryl methyl sites for hydroxylation is 1. The van der Waals surface area contributed by atoms with Crippen LogP contribution in [0.5, 0.6) is 11.5 Å².